The van der Waals surface area contributed by atoms with Gasteiger partial charge in [-0.15, -0.1) is 5.10 Å². The lowest BCUT2D eigenvalue weighted by atomic mass is 10.2. The number of hydrogen-bond donors (Lipinski definition) is 0. The molecule has 0 N–H and O–H groups in total. The summed E-state index contributed by atoms with van der Waals surface area (Å²) >= 11 is 0. The summed E-state index contributed by atoms with van der Waals surface area (Å²) in [5.74, 6) is 2.71. The third-order valence-electron chi connectivity index (χ3n) is 4.88. The molecule has 4 rings (SSSR count). The monoisotopic (exact) mass is 350 g/mol. The van der Waals surface area contributed by atoms with Crippen molar-refractivity contribution < 1.29 is 0 Å². The summed E-state index contributed by atoms with van der Waals surface area (Å²) in [5, 5.41) is 4.69. The Bertz CT molecular complexity index is 865. The van der Waals surface area contributed by atoms with Gasteiger partial charge in [0.1, 0.15) is 5.82 Å². The summed E-state index contributed by atoms with van der Waals surface area (Å²) in [7, 11) is 0. The predicted octanol–water partition coefficient (Wildman–Crippen LogP) is 2.71. The maximum atomic E-state index is 4.69. The van der Waals surface area contributed by atoms with E-state index < -0.39 is 0 Å². The molecule has 3 aromatic rings. The van der Waals surface area contributed by atoms with Gasteiger partial charge in [0.2, 0.25) is 0 Å². The normalized spacial score (nSPS) is 15.7. The van der Waals surface area contributed by atoms with Crippen LogP contribution in [-0.2, 0) is 13.0 Å². The quantitative estimate of drug-likeness (QED) is 0.708. The van der Waals surface area contributed by atoms with Gasteiger partial charge in [-0.25, -0.2) is 4.98 Å². The zero-order chi connectivity index (χ0) is 17.9. The van der Waals surface area contributed by atoms with Gasteiger partial charge in [0.15, 0.2) is 5.82 Å². The minimum Gasteiger partial charge on any atom is -0.354 e. The Morgan fingerprint density at radius 2 is 1.77 bits per heavy atom. The van der Waals surface area contributed by atoms with E-state index >= 15 is 0 Å². The molecule has 1 aromatic carbocycles. The molecule has 0 atom stereocenters. The van der Waals surface area contributed by atoms with Crippen LogP contribution in [0.3, 0.4) is 0 Å². The number of benzene rings is 1. The molecule has 0 bridgehead atoms. The Balaban J connectivity index is 1.50. The summed E-state index contributed by atoms with van der Waals surface area (Å²) in [6.07, 6.45) is 1.94. The van der Waals surface area contributed by atoms with E-state index in [1.165, 1.54) is 5.56 Å². The van der Waals surface area contributed by atoms with E-state index in [0.717, 1.165) is 68.7 Å². The minimum atomic E-state index is 0.718. The molecule has 0 aliphatic carbocycles. The number of aryl methyl sites for hydroxylation is 2. The van der Waals surface area contributed by atoms with E-state index in [2.05, 4.69) is 63.1 Å². The molecule has 0 amide bonds. The molecule has 6 nitrogen and oxygen atoms in total. The molecule has 0 radical (unpaired) electrons. The number of rotatable bonds is 5. The lowest BCUT2D eigenvalue weighted by molar-refractivity contribution is 0.249. The van der Waals surface area contributed by atoms with Gasteiger partial charge in [-0.2, -0.15) is 9.50 Å². The lowest BCUT2D eigenvalue weighted by Crippen LogP contribution is -2.46. The Kier molecular flexibility index (Phi) is 4.84. The number of aromatic nitrogens is 4. The lowest BCUT2D eigenvalue weighted by Gasteiger charge is -2.36. The molecule has 1 aliphatic rings. The number of hydrogen-bond acceptors (Lipinski definition) is 5. The zero-order valence-corrected chi connectivity index (χ0v) is 15.6. The molecular formula is C20H26N6. The third-order valence-corrected chi connectivity index (χ3v) is 4.88. The van der Waals surface area contributed by atoms with Crippen molar-refractivity contribution in [2.75, 3.05) is 31.1 Å². The predicted molar refractivity (Wildman–Crippen MR) is 103 cm³/mol. The van der Waals surface area contributed by atoms with Crippen molar-refractivity contribution >= 4 is 11.6 Å². The Morgan fingerprint density at radius 1 is 1.00 bits per heavy atom. The highest BCUT2D eigenvalue weighted by Crippen LogP contribution is 2.19. The van der Waals surface area contributed by atoms with Crippen LogP contribution in [0.5, 0.6) is 0 Å². The molecule has 136 valence electrons. The summed E-state index contributed by atoms with van der Waals surface area (Å²) in [4.78, 5) is 14.1. The average molecular weight is 350 g/mol. The van der Waals surface area contributed by atoms with Gasteiger partial charge in [-0.3, -0.25) is 4.90 Å². The first-order valence-electron chi connectivity index (χ1n) is 9.47. The molecule has 2 aromatic heterocycles. The summed E-state index contributed by atoms with van der Waals surface area (Å²) in [6.45, 7) is 9.29. The van der Waals surface area contributed by atoms with Crippen LogP contribution in [0.15, 0.2) is 36.4 Å². The highest BCUT2D eigenvalue weighted by atomic mass is 15.4. The Hall–Kier alpha value is -2.47. The highest BCUT2D eigenvalue weighted by molar-refractivity contribution is 5.48. The Morgan fingerprint density at radius 3 is 2.50 bits per heavy atom. The maximum Gasteiger partial charge on any atom is 0.254 e. The fraction of sp³-hybridized carbons (Fsp3) is 0.450. The van der Waals surface area contributed by atoms with Crippen LogP contribution < -0.4 is 4.90 Å². The molecule has 3 heterocycles. The van der Waals surface area contributed by atoms with Crippen molar-refractivity contribution in [3.05, 3.63) is 53.5 Å². The van der Waals surface area contributed by atoms with Gasteiger partial charge < -0.3 is 4.90 Å². The molecule has 26 heavy (non-hydrogen) atoms. The fourth-order valence-corrected chi connectivity index (χ4v) is 3.54. The van der Waals surface area contributed by atoms with Crippen LogP contribution in [0.1, 0.15) is 30.4 Å². The van der Waals surface area contributed by atoms with Crippen molar-refractivity contribution in [1.82, 2.24) is 24.5 Å². The number of fused-ring (bicyclic) bond motifs is 1. The maximum absolute atomic E-state index is 4.69. The van der Waals surface area contributed by atoms with Gasteiger partial charge in [-0.05, 0) is 18.9 Å². The number of nitrogens with zero attached hydrogens (tertiary/aromatic N) is 6. The highest BCUT2D eigenvalue weighted by Gasteiger charge is 2.21. The van der Waals surface area contributed by atoms with Crippen molar-refractivity contribution in [3.63, 3.8) is 0 Å². The minimum absolute atomic E-state index is 0.718. The molecule has 1 fully saturated rings. The van der Waals surface area contributed by atoms with E-state index in [1.807, 2.05) is 11.4 Å². The van der Waals surface area contributed by atoms with Crippen molar-refractivity contribution in [1.29, 1.82) is 0 Å². The van der Waals surface area contributed by atoms with Crippen LogP contribution in [-0.4, -0.2) is 50.7 Å². The molecule has 0 saturated carbocycles. The molecular weight excluding hydrogens is 324 g/mol. The molecule has 1 aliphatic heterocycles. The molecule has 0 unspecified atom stereocenters. The van der Waals surface area contributed by atoms with E-state index in [0.29, 0.717) is 0 Å². The van der Waals surface area contributed by atoms with Crippen molar-refractivity contribution in [2.24, 2.45) is 0 Å². The summed E-state index contributed by atoms with van der Waals surface area (Å²) in [6, 6.07) is 12.8. The van der Waals surface area contributed by atoms with Crippen molar-refractivity contribution in [2.45, 2.75) is 33.2 Å². The average Bonchev–Trinajstić information content (AvgIpc) is 3.05. The van der Waals surface area contributed by atoms with Gasteiger partial charge in [-0.1, -0.05) is 37.3 Å². The fourth-order valence-electron chi connectivity index (χ4n) is 3.54. The van der Waals surface area contributed by atoms with Crippen LogP contribution in [0.2, 0.25) is 0 Å². The van der Waals surface area contributed by atoms with E-state index in [9.17, 15) is 0 Å². The first-order chi connectivity index (χ1) is 12.7. The second kappa shape index (κ2) is 7.41. The van der Waals surface area contributed by atoms with Crippen LogP contribution in [0.25, 0.3) is 5.78 Å². The van der Waals surface area contributed by atoms with E-state index in [-0.39, 0.29) is 0 Å². The molecule has 6 heteroatoms. The Labute approximate surface area is 154 Å². The first kappa shape index (κ1) is 17.0. The zero-order valence-electron chi connectivity index (χ0n) is 15.6. The van der Waals surface area contributed by atoms with Gasteiger partial charge in [0.05, 0.1) is 0 Å². The van der Waals surface area contributed by atoms with E-state index in [1.54, 1.807) is 0 Å². The summed E-state index contributed by atoms with van der Waals surface area (Å²) in [5.41, 5.74) is 2.37. The third kappa shape index (κ3) is 3.55. The standard InChI is InChI=1S/C20H26N6/c1-3-7-18-22-20-21-16(2)14-19(26(20)23-18)25-12-10-24(11-13-25)15-17-8-5-4-6-9-17/h4-6,8-9,14H,3,7,10-13,15H2,1-2H3. The van der Waals surface area contributed by atoms with Crippen molar-refractivity contribution in [3.8, 4) is 0 Å². The largest absolute Gasteiger partial charge is 0.354 e. The first-order valence-corrected chi connectivity index (χ1v) is 9.47. The van der Waals surface area contributed by atoms with Gasteiger partial charge >= 0.3 is 0 Å². The molecule has 1 saturated heterocycles. The number of piperazine rings is 1. The van der Waals surface area contributed by atoms with Gasteiger partial charge in [0, 0.05) is 50.9 Å². The van der Waals surface area contributed by atoms with Crippen LogP contribution in [0, 0.1) is 6.92 Å². The molecule has 0 spiro atoms. The van der Waals surface area contributed by atoms with E-state index in [4.69, 9.17) is 5.10 Å². The number of anilines is 1. The SMILES string of the molecule is CCCc1nc2nc(C)cc(N3CCN(Cc4ccccc4)CC3)n2n1. The van der Waals surface area contributed by atoms with Gasteiger partial charge in [0.25, 0.3) is 5.78 Å². The van der Waals surface area contributed by atoms with Crippen LogP contribution >= 0.6 is 0 Å². The smallest absolute Gasteiger partial charge is 0.254 e. The topological polar surface area (TPSA) is 49.6 Å². The second-order valence-corrected chi connectivity index (χ2v) is 6.99. The second-order valence-electron chi connectivity index (χ2n) is 6.99. The summed E-state index contributed by atoms with van der Waals surface area (Å²) < 4.78 is 1.92. The van der Waals surface area contributed by atoms with Crippen LogP contribution in [0.4, 0.5) is 5.82 Å².